The van der Waals surface area contributed by atoms with Gasteiger partial charge in [0.1, 0.15) is 5.54 Å². The predicted octanol–water partition coefficient (Wildman–Crippen LogP) is 1.45. The molecule has 1 aromatic rings. The molecule has 3 rings (SSSR count). The van der Waals surface area contributed by atoms with Gasteiger partial charge in [0, 0.05) is 13.1 Å². The summed E-state index contributed by atoms with van der Waals surface area (Å²) in [4.78, 5) is 37.0. The van der Waals surface area contributed by atoms with Gasteiger partial charge in [-0.25, -0.2) is 4.79 Å². The van der Waals surface area contributed by atoms with Crippen LogP contribution >= 0.6 is 0 Å². The van der Waals surface area contributed by atoms with Crippen LogP contribution in [0, 0.1) is 0 Å². The van der Waals surface area contributed by atoms with Crippen molar-refractivity contribution >= 4 is 17.8 Å². The molecule has 4 amide bonds. The molecule has 9 heteroatoms. The fourth-order valence-electron chi connectivity index (χ4n) is 3.12. The molecule has 0 radical (unpaired) electrons. The highest BCUT2D eigenvalue weighted by atomic mass is 19.4. The van der Waals surface area contributed by atoms with E-state index in [4.69, 9.17) is 0 Å². The van der Waals surface area contributed by atoms with Gasteiger partial charge < -0.3 is 10.2 Å². The molecular weight excluding hydrogens is 339 g/mol. The number of urea groups is 1. The quantitative estimate of drug-likeness (QED) is 0.788. The molecule has 0 saturated carbocycles. The van der Waals surface area contributed by atoms with Crippen molar-refractivity contribution in [3.05, 3.63) is 35.4 Å². The summed E-state index contributed by atoms with van der Waals surface area (Å²) in [5.74, 6) is -0.605. The van der Waals surface area contributed by atoms with Gasteiger partial charge in [0.15, 0.2) is 0 Å². The lowest BCUT2D eigenvalue weighted by Gasteiger charge is -2.37. The van der Waals surface area contributed by atoms with Gasteiger partial charge in [-0.15, -0.1) is 0 Å². The normalized spacial score (nSPS) is 19.7. The summed E-state index contributed by atoms with van der Waals surface area (Å²) in [5, 5.41) is 4.80. The number of hydrogen-bond donors (Lipinski definition) is 2. The molecule has 134 valence electrons. The Bertz CT molecular complexity index is 708. The number of benzene rings is 1. The molecule has 0 bridgehead atoms. The van der Waals surface area contributed by atoms with Crippen molar-refractivity contribution in [2.45, 2.75) is 31.0 Å². The first-order valence-electron chi connectivity index (χ1n) is 7.77. The number of piperidine rings is 1. The van der Waals surface area contributed by atoms with Gasteiger partial charge in [0.2, 0.25) is 5.91 Å². The first-order valence-corrected chi connectivity index (χ1v) is 7.77. The van der Waals surface area contributed by atoms with Crippen LogP contribution in [-0.4, -0.2) is 41.4 Å². The molecule has 2 fully saturated rings. The summed E-state index contributed by atoms with van der Waals surface area (Å²) in [6, 6.07) is 3.95. The van der Waals surface area contributed by atoms with Crippen LogP contribution in [-0.2, 0) is 22.2 Å². The number of likely N-dealkylation sites (tertiary alicyclic amines) is 1. The highest BCUT2D eigenvalue weighted by molar-refractivity contribution is 6.07. The number of nitrogens with one attached hydrogen (secondary N) is 2. The highest BCUT2D eigenvalue weighted by Gasteiger charge is 2.48. The third kappa shape index (κ3) is 3.45. The van der Waals surface area contributed by atoms with E-state index in [0.29, 0.717) is 31.5 Å². The Labute approximate surface area is 141 Å². The number of nitrogens with zero attached hydrogens (tertiary/aromatic N) is 1. The van der Waals surface area contributed by atoms with E-state index in [2.05, 4.69) is 10.6 Å². The number of amides is 4. The van der Waals surface area contributed by atoms with Gasteiger partial charge in [-0.05, 0) is 30.5 Å². The van der Waals surface area contributed by atoms with Crippen molar-refractivity contribution in [3.8, 4) is 0 Å². The van der Waals surface area contributed by atoms with Gasteiger partial charge in [-0.1, -0.05) is 12.1 Å². The number of hydrogen-bond acceptors (Lipinski definition) is 3. The summed E-state index contributed by atoms with van der Waals surface area (Å²) in [7, 11) is 0. The van der Waals surface area contributed by atoms with Crippen molar-refractivity contribution in [1.82, 2.24) is 15.5 Å². The van der Waals surface area contributed by atoms with Crippen LogP contribution in [0.5, 0.6) is 0 Å². The van der Waals surface area contributed by atoms with Crippen LogP contribution < -0.4 is 10.6 Å². The van der Waals surface area contributed by atoms with Crippen LogP contribution in [0.1, 0.15) is 24.0 Å². The van der Waals surface area contributed by atoms with Gasteiger partial charge in [0.05, 0.1) is 12.0 Å². The smallest absolute Gasteiger partial charge is 0.342 e. The largest absolute Gasteiger partial charge is 0.416 e. The van der Waals surface area contributed by atoms with E-state index in [1.54, 1.807) is 4.90 Å². The topological polar surface area (TPSA) is 78.5 Å². The number of carbonyl (C=O) groups is 3. The average molecular weight is 355 g/mol. The molecule has 25 heavy (non-hydrogen) atoms. The molecule has 2 aliphatic heterocycles. The van der Waals surface area contributed by atoms with Crippen molar-refractivity contribution in [2.24, 2.45) is 0 Å². The molecule has 1 aromatic carbocycles. The lowest BCUT2D eigenvalue weighted by atomic mass is 9.87. The number of rotatable bonds is 2. The molecule has 1 spiro atoms. The molecule has 0 aliphatic carbocycles. The predicted molar refractivity (Wildman–Crippen MR) is 80.4 cm³/mol. The van der Waals surface area contributed by atoms with E-state index < -0.39 is 23.3 Å². The zero-order valence-corrected chi connectivity index (χ0v) is 13.2. The fourth-order valence-corrected chi connectivity index (χ4v) is 3.12. The molecule has 2 aliphatic rings. The summed E-state index contributed by atoms with van der Waals surface area (Å²) in [6.45, 7) is 0.598. The maximum absolute atomic E-state index is 12.5. The zero-order chi connectivity index (χ0) is 18.2. The fraction of sp³-hybridized carbons (Fsp3) is 0.438. The van der Waals surface area contributed by atoms with Crippen molar-refractivity contribution < 1.29 is 27.6 Å². The van der Waals surface area contributed by atoms with E-state index >= 15 is 0 Å². The van der Waals surface area contributed by atoms with Gasteiger partial charge in [-0.2, -0.15) is 13.2 Å². The maximum Gasteiger partial charge on any atom is 0.416 e. The first kappa shape index (κ1) is 17.2. The Morgan fingerprint density at radius 3 is 2.20 bits per heavy atom. The summed E-state index contributed by atoms with van der Waals surface area (Å²) in [5.41, 5.74) is -1.22. The second kappa shape index (κ2) is 6.05. The van der Waals surface area contributed by atoms with Crippen molar-refractivity contribution in [1.29, 1.82) is 0 Å². The summed E-state index contributed by atoms with van der Waals surface area (Å²) < 4.78 is 37.6. The molecule has 0 unspecified atom stereocenters. The molecular formula is C16H16F3N3O3. The van der Waals surface area contributed by atoms with E-state index in [9.17, 15) is 27.6 Å². The third-order valence-electron chi connectivity index (χ3n) is 4.62. The van der Waals surface area contributed by atoms with Gasteiger partial charge >= 0.3 is 12.2 Å². The van der Waals surface area contributed by atoms with E-state index in [1.807, 2.05) is 0 Å². The SMILES string of the molecule is O=C1NC(=O)C2(CCN(C(=O)Cc3ccc(C(F)(F)F)cc3)CC2)N1. The van der Waals surface area contributed by atoms with Crippen LogP contribution in [0.3, 0.4) is 0 Å². The summed E-state index contributed by atoms with van der Waals surface area (Å²) >= 11 is 0. The molecule has 0 atom stereocenters. The molecule has 2 saturated heterocycles. The number of imide groups is 1. The van der Waals surface area contributed by atoms with Crippen LogP contribution in [0.25, 0.3) is 0 Å². The minimum absolute atomic E-state index is 0.0102. The standard InChI is InChI=1S/C16H16F3N3O3/c17-16(18,19)11-3-1-10(2-4-11)9-12(23)22-7-5-15(6-8-22)13(24)20-14(25)21-15/h1-4H,5-9H2,(H2,20,21,24,25). The monoisotopic (exact) mass is 355 g/mol. The highest BCUT2D eigenvalue weighted by Crippen LogP contribution is 2.29. The van der Waals surface area contributed by atoms with Crippen LogP contribution in [0.4, 0.5) is 18.0 Å². The molecule has 6 nitrogen and oxygen atoms in total. The first-order chi connectivity index (χ1) is 11.7. The Kier molecular flexibility index (Phi) is 4.18. The van der Waals surface area contributed by atoms with E-state index in [1.165, 1.54) is 12.1 Å². The van der Waals surface area contributed by atoms with Crippen LogP contribution in [0.2, 0.25) is 0 Å². The molecule has 0 aromatic heterocycles. The number of alkyl halides is 3. The van der Waals surface area contributed by atoms with E-state index in [-0.39, 0.29) is 18.2 Å². The maximum atomic E-state index is 12.5. The summed E-state index contributed by atoms with van der Waals surface area (Å²) in [6.07, 6.45) is -3.80. The van der Waals surface area contributed by atoms with Gasteiger partial charge in [0.25, 0.3) is 5.91 Å². The number of carbonyl (C=O) groups excluding carboxylic acids is 3. The van der Waals surface area contributed by atoms with Gasteiger partial charge in [-0.3, -0.25) is 14.9 Å². The Hall–Kier alpha value is -2.58. The number of halogens is 3. The minimum atomic E-state index is -4.41. The second-order valence-electron chi connectivity index (χ2n) is 6.24. The average Bonchev–Trinajstić information content (AvgIpc) is 2.81. The Balaban J connectivity index is 1.58. The lowest BCUT2D eigenvalue weighted by Crippen LogP contribution is -2.55. The Morgan fingerprint density at radius 2 is 1.72 bits per heavy atom. The van der Waals surface area contributed by atoms with Crippen LogP contribution in [0.15, 0.2) is 24.3 Å². The second-order valence-corrected chi connectivity index (χ2v) is 6.24. The molecule has 2 N–H and O–H groups in total. The third-order valence-corrected chi connectivity index (χ3v) is 4.62. The molecule has 2 heterocycles. The van der Waals surface area contributed by atoms with Crippen molar-refractivity contribution in [3.63, 3.8) is 0 Å². The van der Waals surface area contributed by atoms with E-state index in [0.717, 1.165) is 12.1 Å². The zero-order valence-electron chi connectivity index (χ0n) is 13.2. The lowest BCUT2D eigenvalue weighted by molar-refractivity contribution is -0.137. The minimum Gasteiger partial charge on any atom is -0.342 e. The Morgan fingerprint density at radius 1 is 1.12 bits per heavy atom. The van der Waals surface area contributed by atoms with Crippen molar-refractivity contribution in [2.75, 3.05) is 13.1 Å².